The van der Waals surface area contributed by atoms with Gasteiger partial charge in [-0.15, -0.1) is 0 Å². The topological polar surface area (TPSA) is 29.5 Å². The molecule has 3 nitrogen and oxygen atoms in total. The van der Waals surface area contributed by atoms with Crippen molar-refractivity contribution in [3.8, 4) is 0 Å². The summed E-state index contributed by atoms with van der Waals surface area (Å²) >= 11 is 0. The van der Waals surface area contributed by atoms with Gasteiger partial charge in [0.15, 0.2) is 0 Å². The molecule has 1 aromatic carbocycles. The monoisotopic (exact) mass is 289 g/mol. The normalized spacial score (nSPS) is 15.6. The first-order chi connectivity index (χ1) is 10.2. The first-order valence-corrected chi connectivity index (χ1v) is 8.12. The van der Waals surface area contributed by atoms with E-state index in [1.807, 2.05) is 24.3 Å². The Morgan fingerprint density at radius 3 is 2.48 bits per heavy atom. The zero-order chi connectivity index (χ0) is 15.1. The van der Waals surface area contributed by atoms with Gasteiger partial charge in [-0.3, -0.25) is 0 Å². The number of esters is 1. The molecule has 0 bridgehead atoms. The average molecular weight is 289 g/mol. The Kier molecular flexibility index (Phi) is 6.24. The molecule has 0 heterocycles. The molecule has 0 radical (unpaired) electrons. The van der Waals surface area contributed by atoms with Crippen LogP contribution in [0.4, 0.5) is 0 Å². The van der Waals surface area contributed by atoms with Crippen molar-refractivity contribution >= 4 is 5.97 Å². The van der Waals surface area contributed by atoms with Crippen LogP contribution in [0.25, 0.3) is 0 Å². The highest BCUT2D eigenvalue weighted by molar-refractivity contribution is 5.89. The largest absolute Gasteiger partial charge is 0.465 e. The van der Waals surface area contributed by atoms with Crippen LogP contribution < -0.4 is 0 Å². The van der Waals surface area contributed by atoms with E-state index in [4.69, 9.17) is 4.74 Å². The predicted molar refractivity (Wildman–Crippen MR) is 85.6 cm³/mol. The van der Waals surface area contributed by atoms with Crippen LogP contribution in [0.15, 0.2) is 24.3 Å². The summed E-state index contributed by atoms with van der Waals surface area (Å²) in [7, 11) is 1.42. The van der Waals surface area contributed by atoms with Crippen LogP contribution in [0.2, 0.25) is 0 Å². The summed E-state index contributed by atoms with van der Waals surface area (Å²) < 4.78 is 4.72. The summed E-state index contributed by atoms with van der Waals surface area (Å²) in [5.41, 5.74) is 1.91. The fourth-order valence-corrected chi connectivity index (χ4v) is 3.15. The van der Waals surface area contributed by atoms with Gasteiger partial charge >= 0.3 is 5.97 Å². The van der Waals surface area contributed by atoms with E-state index >= 15 is 0 Å². The van der Waals surface area contributed by atoms with Crippen LogP contribution in [-0.2, 0) is 11.2 Å². The standard InChI is InChI=1S/C18H27NO2/c1-3-19(14-16-6-4-5-7-16)13-12-15-8-10-17(11-9-15)18(20)21-2/h8-11,16H,3-7,12-14H2,1-2H3. The van der Waals surface area contributed by atoms with Crippen molar-refractivity contribution in [3.05, 3.63) is 35.4 Å². The first-order valence-electron chi connectivity index (χ1n) is 8.12. The lowest BCUT2D eigenvalue weighted by molar-refractivity contribution is 0.0600. The van der Waals surface area contributed by atoms with Crippen molar-refractivity contribution in [1.29, 1.82) is 0 Å². The minimum absolute atomic E-state index is 0.266. The number of rotatable bonds is 7. The van der Waals surface area contributed by atoms with Crippen LogP contribution in [-0.4, -0.2) is 37.6 Å². The summed E-state index contributed by atoms with van der Waals surface area (Å²) in [5.74, 6) is 0.643. The van der Waals surface area contributed by atoms with Gasteiger partial charge in [-0.25, -0.2) is 4.79 Å². The molecule has 0 saturated heterocycles. The Balaban J connectivity index is 1.81. The molecule has 2 rings (SSSR count). The maximum absolute atomic E-state index is 11.4. The van der Waals surface area contributed by atoms with Gasteiger partial charge < -0.3 is 9.64 Å². The van der Waals surface area contributed by atoms with E-state index in [9.17, 15) is 4.79 Å². The van der Waals surface area contributed by atoms with E-state index in [2.05, 4.69) is 11.8 Å². The average Bonchev–Trinajstić information content (AvgIpc) is 3.04. The fourth-order valence-electron chi connectivity index (χ4n) is 3.15. The van der Waals surface area contributed by atoms with Gasteiger partial charge in [0, 0.05) is 13.1 Å². The molecule has 0 spiro atoms. The second kappa shape index (κ2) is 8.18. The van der Waals surface area contributed by atoms with Crippen molar-refractivity contribution in [2.45, 2.75) is 39.0 Å². The van der Waals surface area contributed by atoms with E-state index in [0.29, 0.717) is 5.56 Å². The molecule has 0 unspecified atom stereocenters. The lowest BCUT2D eigenvalue weighted by atomic mass is 10.1. The molecule has 1 aromatic rings. The summed E-state index contributed by atoms with van der Waals surface area (Å²) in [4.78, 5) is 14.0. The molecule has 0 amide bonds. The summed E-state index contributed by atoms with van der Waals surface area (Å²) in [6, 6.07) is 7.79. The van der Waals surface area contributed by atoms with Crippen LogP contribution >= 0.6 is 0 Å². The highest BCUT2D eigenvalue weighted by Crippen LogP contribution is 2.25. The number of methoxy groups -OCH3 is 1. The Morgan fingerprint density at radius 1 is 1.24 bits per heavy atom. The number of nitrogens with zero attached hydrogens (tertiary/aromatic N) is 1. The SMILES string of the molecule is CCN(CCc1ccc(C(=O)OC)cc1)CC1CCCC1. The van der Waals surface area contributed by atoms with Crippen LogP contribution in [0.5, 0.6) is 0 Å². The van der Waals surface area contributed by atoms with Crippen LogP contribution in [0, 0.1) is 5.92 Å². The van der Waals surface area contributed by atoms with Gasteiger partial charge in [-0.1, -0.05) is 31.9 Å². The van der Waals surface area contributed by atoms with Gasteiger partial charge in [0.05, 0.1) is 12.7 Å². The molecule has 0 N–H and O–H groups in total. The number of likely N-dealkylation sites (N-methyl/N-ethyl adjacent to an activating group) is 1. The smallest absolute Gasteiger partial charge is 0.337 e. The number of ether oxygens (including phenoxy) is 1. The lowest BCUT2D eigenvalue weighted by Gasteiger charge is -2.24. The molecule has 116 valence electrons. The Bertz CT molecular complexity index is 435. The highest BCUT2D eigenvalue weighted by Gasteiger charge is 2.17. The molecule has 3 heteroatoms. The molecule has 0 atom stereocenters. The molecule has 1 aliphatic carbocycles. The third-order valence-corrected chi connectivity index (χ3v) is 4.53. The predicted octanol–water partition coefficient (Wildman–Crippen LogP) is 3.53. The third-order valence-electron chi connectivity index (χ3n) is 4.53. The maximum Gasteiger partial charge on any atom is 0.337 e. The van der Waals surface area contributed by atoms with Gasteiger partial charge in [-0.05, 0) is 49.4 Å². The zero-order valence-electron chi connectivity index (χ0n) is 13.3. The van der Waals surface area contributed by atoms with E-state index < -0.39 is 0 Å². The summed E-state index contributed by atoms with van der Waals surface area (Å²) in [6.07, 6.45) is 6.69. The van der Waals surface area contributed by atoms with E-state index in [1.54, 1.807) is 0 Å². The lowest BCUT2D eigenvalue weighted by Crippen LogP contribution is -2.30. The van der Waals surface area contributed by atoms with E-state index in [1.165, 1.54) is 44.9 Å². The van der Waals surface area contributed by atoms with Gasteiger partial charge in [-0.2, -0.15) is 0 Å². The minimum atomic E-state index is -0.266. The number of carbonyl (C=O) groups excluding carboxylic acids is 1. The molecule has 21 heavy (non-hydrogen) atoms. The van der Waals surface area contributed by atoms with Gasteiger partial charge in [0.25, 0.3) is 0 Å². The number of carbonyl (C=O) groups is 1. The molecule has 0 aliphatic heterocycles. The second-order valence-electron chi connectivity index (χ2n) is 5.98. The van der Waals surface area contributed by atoms with E-state index in [-0.39, 0.29) is 5.97 Å². The first kappa shape index (κ1) is 16.0. The molecule has 0 aromatic heterocycles. The fraction of sp³-hybridized carbons (Fsp3) is 0.611. The van der Waals surface area contributed by atoms with Gasteiger partial charge in [0.1, 0.15) is 0 Å². The van der Waals surface area contributed by atoms with Crippen molar-refractivity contribution in [2.75, 3.05) is 26.7 Å². The van der Waals surface area contributed by atoms with Crippen molar-refractivity contribution in [1.82, 2.24) is 4.90 Å². The summed E-state index contributed by atoms with van der Waals surface area (Å²) in [6.45, 7) is 5.72. The number of benzene rings is 1. The number of hydrogen-bond donors (Lipinski definition) is 0. The molecular formula is C18H27NO2. The van der Waals surface area contributed by atoms with Crippen molar-refractivity contribution in [2.24, 2.45) is 5.92 Å². The third kappa shape index (κ3) is 4.85. The maximum atomic E-state index is 11.4. The molecule has 1 aliphatic rings. The Morgan fingerprint density at radius 2 is 1.90 bits per heavy atom. The van der Waals surface area contributed by atoms with Crippen molar-refractivity contribution in [3.63, 3.8) is 0 Å². The number of hydrogen-bond acceptors (Lipinski definition) is 3. The molecule has 1 fully saturated rings. The van der Waals surface area contributed by atoms with Crippen molar-refractivity contribution < 1.29 is 9.53 Å². The molecular weight excluding hydrogens is 262 g/mol. The molecule has 1 saturated carbocycles. The zero-order valence-corrected chi connectivity index (χ0v) is 13.3. The van der Waals surface area contributed by atoms with Gasteiger partial charge in [0.2, 0.25) is 0 Å². The van der Waals surface area contributed by atoms with Crippen LogP contribution in [0.1, 0.15) is 48.5 Å². The second-order valence-corrected chi connectivity index (χ2v) is 5.98. The van der Waals surface area contributed by atoms with E-state index in [0.717, 1.165) is 25.4 Å². The Hall–Kier alpha value is -1.35. The van der Waals surface area contributed by atoms with Crippen LogP contribution in [0.3, 0.4) is 0 Å². The summed E-state index contributed by atoms with van der Waals surface area (Å²) in [5, 5.41) is 0. The quantitative estimate of drug-likeness (QED) is 0.719. The minimum Gasteiger partial charge on any atom is -0.465 e. The Labute approximate surface area is 128 Å². The highest BCUT2D eigenvalue weighted by atomic mass is 16.5.